The van der Waals surface area contributed by atoms with E-state index in [1.54, 1.807) is 6.92 Å². The Bertz CT molecular complexity index is 727. The molecule has 0 radical (unpaired) electrons. The lowest BCUT2D eigenvalue weighted by atomic mass is 10.0. The van der Waals surface area contributed by atoms with Crippen molar-refractivity contribution >= 4 is 22.4 Å². The topological polar surface area (TPSA) is 104 Å². The van der Waals surface area contributed by atoms with E-state index >= 15 is 0 Å². The summed E-state index contributed by atoms with van der Waals surface area (Å²) in [5, 5.41) is 14.6. The molecule has 2 aromatic rings. The molecular weight excluding hydrogens is 361 g/mol. The van der Waals surface area contributed by atoms with Crippen molar-refractivity contribution in [1.82, 2.24) is 20.0 Å². The van der Waals surface area contributed by atoms with Crippen molar-refractivity contribution in [2.75, 3.05) is 11.9 Å². The number of nitrogens with one attached hydrogen (secondary N) is 1. The van der Waals surface area contributed by atoms with E-state index in [0.717, 1.165) is 6.54 Å². The zero-order valence-corrected chi connectivity index (χ0v) is 16.0. The SMILES string of the molecule is CC(=O)Nc1nc(F)c(CN2CCCC[C@@H]2C)s1.Cc1nc(CO)no1.[HH]. The number of amides is 1. The van der Waals surface area contributed by atoms with Gasteiger partial charge in [-0.05, 0) is 26.3 Å². The number of hydrogen-bond donors (Lipinski definition) is 2. The average Bonchev–Trinajstić information content (AvgIpc) is 3.15. The number of anilines is 1. The van der Waals surface area contributed by atoms with Crippen LogP contribution in [0.5, 0.6) is 0 Å². The van der Waals surface area contributed by atoms with Crippen molar-refractivity contribution in [3.63, 3.8) is 0 Å². The lowest BCUT2D eigenvalue weighted by Gasteiger charge is -2.32. The summed E-state index contributed by atoms with van der Waals surface area (Å²) >= 11 is 1.22. The highest BCUT2D eigenvalue weighted by atomic mass is 32.1. The second kappa shape index (κ2) is 9.70. The van der Waals surface area contributed by atoms with Crippen molar-refractivity contribution in [2.24, 2.45) is 0 Å². The quantitative estimate of drug-likeness (QED) is 0.831. The number of aliphatic hydroxyl groups excluding tert-OH is 1. The first kappa shape index (κ1) is 20.4. The number of aromatic nitrogens is 3. The van der Waals surface area contributed by atoms with Gasteiger partial charge in [0.25, 0.3) is 0 Å². The van der Waals surface area contributed by atoms with Gasteiger partial charge in [0.1, 0.15) is 6.61 Å². The van der Waals surface area contributed by atoms with E-state index in [-0.39, 0.29) is 13.9 Å². The molecule has 146 valence electrons. The Balaban J connectivity index is 0.000000342. The average molecular weight is 387 g/mol. The number of halogens is 1. The number of nitrogens with zero attached hydrogens (tertiary/aromatic N) is 4. The molecule has 0 aliphatic carbocycles. The van der Waals surface area contributed by atoms with Gasteiger partial charge in [0, 0.05) is 27.9 Å². The maximum atomic E-state index is 13.7. The van der Waals surface area contributed by atoms with E-state index < -0.39 is 5.95 Å². The molecule has 1 atom stereocenters. The van der Waals surface area contributed by atoms with Crippen LogP contribution in [0.2, 0.25) is 0 Å². The Morgan fingerprint density at radius 3 is 2.81 bits per heavy atom. The molecule has 1 aliphatic heterocycles. The van der Waals surface area contributed by atoms with E-state index in [9.17, 15) is 9.18 Å². The predicted molar refractivity (Wildman–Crippen MR) is 97.2 cm³/mol. The number of carbonyl (C=O) groups is 1. The molecule has 1 fully saturated rings. The largest absolute Gasteiger partial charge is 0.388 e. The number of likely N-dealkylation sites (tertiary alicyclic amines) is 1. The zero-order chi connectivity index (χ0) is 19.1. The van der Waals surface area contributed by atoms with Crippen LogP contribution in [0.3, 0.4) is 0 Å². The van der Waals surface area contributed by atoms with Crippen LogP contribution in [0.1, 0.15) is 51.1 Å². The van der Waals surface area contributed by atoms with Crippen LogP contribution in [0.4, 0.5) is 9.52 Å². The molecule has 0 spiro atoms. The van der Waals surface area contributed by atoms with Gasteiger partial charge in [-0.25, -0.2) is 0 Å². The highest BCUT2D eigenvalue weighted by Gasteiger charge is 2.21. The van der Waals surface area contributed by atoms with Gasteiger partial charge >= 0.3 is 0 Å². The smallest absolute Gasteiger partial charge is 0.230 e. The molecule has 1 saturated heterocycles. The van der Waals surface area contributed by atoms with E-state index in [1.807, 2.05) is 0 Å². The van der Waals surface area contributed by atoms with Crippen molar-refractivity contribution in [2.45, 2.75) is 59.2 Å². The maximum absolute atomic E-state index is 13.7. The molecule has 0 aromatic carbocycles. The molecule has 2 N–H and O–H groups in total. The highest BCUT2D eigenvalue weighted by molar-refractivity contribution is 7.15. The molecular formula is C16H26FN5O3S. The van der Waals surface area contributed by atoms with Crippen molar-refractivity contribution in [1.29, 1.82) is 0 Å². The van der Waals surface area contributed by atoms with Crippen LogP contribution >= 0.6 is 11.3 Å². The van der Waals surface area contributed by atoms with Gasteiger partial charge in [-0.2, -0.15) is 14.4 Å². The molecule has 8 nitrogen and oxygen atoms in total. The van der Waals surface area contributed by atoms with E-state index in [2.05, 4.69) is 36.8 Å². The fraction of sp³-hybridized carbons (Fsp3) is 0.625. The van der Waals surface area contributed by atoms with Crippen molar-refractivity contribution < 1.29 is 20.2 Å². The first-order chi connectivity index (χ1) is 12.4. The van der Waals surface area contributed by atoms with Gasteiger partial charge in [0.05, 0.1) is 4.88 Å². The van der Waals surface area contributed by atoms with Crippen molar-refractivity contribution in [3.8, 4) is 0 Å². The summed E-state index contributed by atoms with van der Waals surface area (Å²) < 4.78 is 18.2. The van der Waals surface area contributed by atoms with Crippen molar-refractivity contribution in [3.05, 3.63) is 22.5 Å². The van der Waals surface area contributed by atoms with Gasteiger partial charge in [-0.15, -0.1) is 0 Å². The fourth-order valence-electron chi connectivity index (χ4n) is 2.62. The van der Waals surface area contributed by atoms with Gasteiger partial charge in [0.2, 0.25) is 17.7 Å². The third kappa shape index (κ3) is 6.11. The molecule has 0 bridgehead atoms. The zero-order valence-electron chi connectivity index (χ0n) is 15.2. The number of thiazole rings is 1. The highest BCUT2D eigenvalue weighted by Crippen LogP contribution is 2.26. The van der Waals surface area contributed by atoms with E-state index in [4.69, 9.17) is 5.11 Å². The lowest BCUT2D eigenvalue weighted by Crippen LogP contribution is -2.36. The molecule has 0 saturated carbocycles. The molecule has 1 amide bonds. The van der Waals surface area contributed by atoms with Crippen LogP contribution in [-0.2, 0) is 17.9 Å². The number of aliphatic hydroxyl groups is 1. The summed E-state index contributed by atoms with van der Waals surface area (Å²) in [7, 11) is 0. The number of piperidine rings is 1. The molecule has 1 aliphatic rings. The number of carbonyl (C=O) groups excluding carboxylic acids is 1. The second-order valence-corrected chi connectivity index (χ2v) is 7.20. The Labute approximate surface area is 156 Å². The molecule has 3 rings (SSSR count). The summed E-state index contributed by atoms with van der Waals surface area (Å²) in [6.07, 6.45) is 3.59. The summed E-state index contributed by atoms with van der Waals surface area (Å²) in [5.74, 6) is 0.139. The number of aryl methyl sites for hydroxylation is 1. The Morgan fingerprint density at radius 2 is 2.27 bits per heavy atom. The Morgan fingerprint density at radius 1 is 1.50 bits per heavy atom. The molecule has 0 unspecified atom stereocenters. The molecule has 2 aromatic heterocycles. The van der Waals surface area contributed by atoms with Crippen LogP contribution in [0.25, 0.3) is 0 Å². The minimum Gasteiger partial charge on any atom is -0.388 e. The second-order valence-electron chi connectivity index (χ2n) is 6.12. The minimum atomic E-state index is -0.457. The fourth-order valence-corrected chi connectivity index (χ4v) is 3.53. The third-order valence-corrected chi connectivity index (χ3v) is 4.86. The van der Waals surface area contributed by atoms with Gasteiger partial charge in [0.15, 0.2) is 11.0 Å². The van der Waals surface area contributed by atoms with Crippen LogP contribution in [0, 0.1) is 12.9 Å². The first-order valence-electron chi connectivity index (χ1n) is 8.46. The molecule has 26 heavy (non-hydrogen) atoms. The van der Waals surface area contributed by atoms with Crippen LogP contribution in [-0.4, -0.2) is 43.6 Å². The van der Waals surface area contributed by atoms with Crippen LogP contribution in [0.15, 0.2) is 4.52 Å². The normalized spacial score (nSPS) is 17.5. The van der Waals surface area contributed by atoms with Gasteiger partial charge < -0.3 is 14.9 Å². The lowest BCUT2D eigenvalue weighted by molar-refractivity contribution is -0.114. The van der Waals surface area contributed by atoms with E-state index in [0.29, 0.717) is 34.3 Å². The summed E-state index contributed by atoms with van der Waals surface area (Å²) in [5.41, 5.74) is 0. The Hall–Kier alpha value is -1.91. The number of hydrogen-bond acceptors (Lipinski definition) is 8. The van der Waals surface area contributed by atoms with Crippen LogP contribution < -0.4 is 5.32 Å². The maximum Gasteiger partial charge on any atom is 0.230 e. The minimum absolute atomic E-state index is 0. The van der Waals surface area contributed by atoms with Gasteiger partial charge in [-0.3, -0.25) is 9.69 Å². The first-order valence-corrected chi connectivity index (χ1v) is 9.27. The predicted octanol–water partition coefficient (Wildman–Crippen LogP) is 2.73. The molecule has 10 heteroatoms. The summed E-state index contributed by atoms with van der Waals surface area (Å²) in [6.45, 7) is 6.68. The standard InChI is InChI=1S/C12H18FN3OS.C4H6N2O2.H2/c1-8-5-3-4-6-16(8)7-10-11(13)15-12(18-10)14-9(2)17;1-3-5-4(2-7)6-8-3;/h8H,3-7H2,1-2H3,(H,14,15,17);7H,2H2,1H3;1H/t8-;;/m0../s1. The Kier molecular flexibility index (Phi) is 7.61. The monoisotopic (exact) mass is 387 g/mol. The summed E-state index contributed by atoms with van der Waals surface area (Å²) in [4.78, 5) is 21.2. The van der Waals surface area contributed by atoms with Gasteiger partial charge in [-0.1, -0.05) is 22.9 Å². The number of rotatable bonds is 4. The summed E-state index contributed by atoms with van der Waals surface area (Å²) in [6, 6.07) is 0.490. The molecule has 3 heterocycles. The van der Waals surface area contributed by atoms with E-state index in [1.165, 1.54) is 37.5 Å². The third-order valence-electron chi connectivity index (χ3n) is 3.93.